The summed E-state index contributed by atoms with van der Waals surface area (Å²) in [7, 11) is 0. The van der Waals surface area contributed by atoms with Crippen LogP contribution in [0.2, 0.25) is 0 Å². The Morgan fingerprint density at radius 3 is 2.31 bits per heavy atom. The normalized spacial score (nSPS) is 11.4. The molecule has 0 bridgehead atoms. The van der Waals surface area contributed by atoms with Crippen LogP contribution in [-0.4, -0.2) is 12.0 Å². The van der Waals surface area contributed by atoms with Crippen molar-refractivity contribution in [2.45, 2.75) is 19.4 Å². The Kier molecular flexibility index (Phi) is 7.30. The number of ether oxygens (including phenoxy) is 2. The molecule has 4 aromatic rings. The molecule has 0 saturated carbocycles. The highest BCUT2D eigenvalue weighted by molar-refractivity contribution is 5.82. The molecule has 0 radical (unpaired) electrons. The van der Waals surface area contributed by atoms with E-state index in [2.05, 4.69) is 0 Å². The van der Waals surface area contributed by atoms with Crippen LogP contribution in [0.15, 0.2) is 88.1 Å². The minimum atomic E-state index is -0.812. The van der Waals surface area contributed by atoms with Crippen molar-refractivity contribution in [3.05, 3.63) is 100 Å². The first-order chi connectivity index (χ1) is 15.0. The molecule has 164 valence electrons. The molecule has 0 saturated heterocycles. The van der Waals surface area contributed by atoms with Gasteiger partial charge in [0.05, 0.1) is 5.39 Å². The number of fused-ring (bicyclic) bond motifs is 1. The topological polar surface area (TPSA) is 91.8 Å². The molecule has 1 unspecified atom stereocenters. The summed E-state index contributed by atoms with van der Waals surface area (Å²) in [6.45, 7) is 1.65. The summed E-state index contributed by atoms with van der Waals surface area (Å²) in [5.41, 5.74) is 6.92. The minimum Gasteiger partial charge on any atom is -1.00 e. The first-order valence-corrected chi connectivity index (χ1v) is 9.83. The van der Waals surface area contributed by atoms with Gasteiger partial charge in [0.1, 0.15) is 28.9 Å². The summed E-state index contributed by atoms with van der Waals surface area (Å²) in [5.74, 6) is 0.667. The highest BCUT2D eigenvalue weighted by Crippen LogP contribution is 2.27. The maximum absolute atomic E-state index is 12.9. The van der Waals surface area contributed by atoms with E-state index >= 15 is 0 Å². The van der Waals surface area contributed by atoms with Crippen molar-refractivity contribution >= 4 is 16.9 Å². The number of carbonyl (C=O) groups is 1. The molecule has 0 amide bonds. The quantitative estimate of drug-likeness (QED) is 0.352. The SMILES string of the molecule is Cc1oc2cc(OC(=O)C(N)Cc3ccccc3)ccc2c(=O)c1Oc1ccccc1.[Cl-]. The lowest BCUT2D eigenvalue weighted by Crippen LogP contribution is -3.00. The van der Waals surface area contributed by atoms with Crippen LogP contribution in [0.4, 0.5) is 0 Å². The number of carbonyl (C=O) groups excluding carboxylic acids is 1. The van der Waals surface area contributed by atoms with Gasteiger partial charge in [-0.15, -0.1) is 0 Å². The number of nitrogens with two attached hydrogens (primary N) is 1. The van der Waals surface area contributed by atoms with Crippen molar-refractivity contribution in [2.24, 2.45) is 5.73 Å². The number of hydrogen-bond acceptors (Lipinski definition) is 6. The molecule has 2 N–H and O–H groups in total. The number of para-hydroxylation sites is 1. The molecule has 1 heterocycles. The predicted molar refractivity (Wildman–Crippen MR) is 117 cm³/mol. The zero-order chi connectivity index (χ0) is 21.8. The van der Waals surface area contributed by atoms with Crippen LogP contribution in [0.25, 0.3) is 11.0 Å². The van der Waals surface area contributed by atoms with Gasteiger partial charge in [0.15, 0.2) is 0 Å². The summed E-state index contributed by atoms with van der Waals surface area (Å²) >= 11 is 0. The largest absolute Gasteiger partial charge is 1.00 e. The summed E-state index contributed by atoms with van der Waals surface area (Å²) in [4.78, 5) is 25.3. The molecule has 0 spiro atoms. The smallest absolute Gasteiger partial charge is 0.328 e. The van der Waals surface area contributed by atoms with Crippen molar-refractivity contribution in [1.82, 2.24) is 0 Å². The Labute approximate surface area is 191 Å². The molecule has 32 heavy (non-hydrogen) atoms. The number of aryl methyl sites for hydroxylation is 1. The summed E-state index contributed by atoms with van der Waals surface area (Å²) in [5, 5.41) is 0.324. The molecule has 0 aliphatic rings. The Morgan fingerprint density at radius 2 is 1.62 bits per heavy atom. The second-order valence-corrected chi connectivity index (χ2v) is 7.11. The number of benzene rings is 3. The second-order valence-electron chi connectivity index (χ2n) is 7.11. The van der Waals surface area contributed by atoms with Crippen molar-refractivity contribution in [1.29, 1.82) is 0 Å². The number of rotatable bonds is 6. The highest BCUT2D eigenvalue weighted by Gasteiger charge is 2.18. The van der Waals surface area contributed by atoms with E-state index in [4.69, 9.17) is 19.6 Å². The average Bonchev–Trinajstić information content (AvgIpc) is 2.78. The van der Waals surface area contributed by atoms with Gasteiger partial charge in [0.25, 0.3) is 0 Å². The fraction of sp³-hybridized carbons (Fsp3) is 0.120. The fourth-order valence-electron chi connectivity index (χ4n) is 3.20. The van der Waals surface area contributed by atoms with Crippen LogP contribution >= 0.6 is 0 Å². The zero-order valence-corrected chi connectivity index (χ0v) is 18.0. The lowest BCUT2D eigenvalue weighted by Gasteiger charge is -2.12. The molecule has 0 aliphatic carbocycles. The van der Waals surface area contributed by atoms with E-state index < -0.39 is 12.0 Å². The Balaban J connectivity index is 0.00000289. The molecule has 0 fully saturated rings. The van der Waals surface area contributed by atoms with Crippen molar-refractivity contribution in [3.63, 3.8) is 0 Å². The maximum atomic E-state index is 12.9. The zero-order valence-electron chi connectivity index (χ0n) is 17.3. The first kappa shape index (κ1) is 23.1. The monoisotopic (exact) mass is 450 g/mol. The van der Waals surface area contributed by atoms with E-state index in [0.29, 0.717) is 28.9 Å². The summed E-state index contributed by atoms with van der Waals surface area (Å²) in [6.07, 6.45) is 0.363. The Morgan fingerprint density at radius 1 is 0.969 bits per heavy atom. The van der Waals surface area contributed by atoms with E-state index in [0.717, 1.165) is 5.56 Å². The van der Waals surface area contributed by atoms with Gasteiger partial charge in [-0.1, -0.05) is 48.5 Å². The molecule has 1 atom stereocenters. The third kappa shape index (κ3) is 5.17. The van der Waals surface area contributed by atoms with E-state index in [-0.39, 0.29) is 29.3 Å². The van der Waals surface area contributed by atoms with Crippen LogP contribution in [0.1, 0.15) is 11.3 Å². The summed E-state index contributed by atoms with van der Waals surface area (Å²) < 4.78 is 16.9. The van der Waals surface area contributed by atoms with Crippen LogP contribution in [-0.2, 0) is 11.2 Å². The van der Waals surface area contributed by atoms with Crippen LogP contribution in [0.3, 0.4) is 0 Å². The number of hydrogen-bond donors (Lipinski definition) is 1. The fourth-order valence-corrected chi connectivity index (χ4v) is 3.20. The van der Waals surface area contributed by atoms with Crippen LogP contribution in [0, 0.1) is 6.92 Å². The maximum Gasteiger partial charge on any atom is 0.328 e. The van der Waals surface area contributed by atoms with Gasteiger partial charge in [-0.2, -0.15) is 0 Å². The van der Waals surface area contributed by atoms with Crippen LogP contribution < -0.4 is 33.0 Å². The third-order valence-electron chi connectivity index (χ3n) is 4.77. The Hall–Kier alpha value is -3.61. The van der Waals surface area contributed by atoms with Crippen molar-refractivity contribution < 1.29 is 31.1 Å². The average molecular weight is 451 g/mol. The number of halogens is 1. The van der Waals surface area contributed by atoms with Gasteiger partial charge in [-0.25, -0.2) is 4.79 Å². The van der Waals surface area contributed by atoms with E-state index in [1.165, 1.54) is 12.1 Å². The molecule has 7 heteroatoms. The van der Waals surface area contributed by atoms with Gasteiger partial charge >= 0.3 is 5.97 Å². The molecule has 6 nitrogen and oxygen atoms in total. The van der Waals surface area contributed by atoms with Gasteiger partial charge in [-0.3, -0.25) is 4.79 Å². The minimum absolute atomic E-state index is 0. The van der Waals surface area contributed by atoms with Gasteiger partial charge < -0.3 is 32.0 Å². The third-order valence-corrected chi connectivity index (χ3v) is 4.77. The molecule has 4 rings (SSSR count). The molecule has 1 aromatic heterocycles. The molecular formula is C25H21ClNO5-. The van der Waals surface area contributed by atoms with Crippen molar-refractivity contribution in [2.75, 3.05) is 0 Å². The van der Waals surface area contributed by atoms with Gasteiger partial charge in [0.2, 0.25) is 11.2 Å². The first-order valence-electron chi connectivity index (χ1n) is 9.83. The number of esters is 1. The highest BCUT2D eigenvalue weighted by atomic mass is 35.5. The van der Waals surface area contributed by atoms with E-state index in [1.807, 2.05) is 48.5 Å². The lowest BCUT2D eigenvalue weighted by atomic mass is 10.1. The molecule has 3 aromatic carbocycles. The predicted octanol–water partition coefficient (Wildman–Crippen LogP) is 1.37. The molecular weight excluding hydrogens is 430 g/mol. The second kappa shape index (κ2) is 10.1. The van der Waals surface area contributed by atoms with Crippen LogP contribution in [0.5, 0.6) is 17.2 Å². The van der Waals surface area contributed by atoms with E-state index in [9.17, 15) is 9.59 Å². The lowest BCUT2D eigenvalue weighted by molar-refractivity contribution is -0.135. The van der Waals surface area contributed by atoms with Crippen molar-refractivity contribution in [3.8, 4) is 17.2 Å². The van der Waals surface area contributed by atoms with Gasteiger partial charge in [0, 0.05) is 6.07 Å². The van der Waals surface area contributed by atoms with Gasteiger partial charge in [-0.05, 0) is 43.2 Å². The summed E-state index contributed by atoms with van der Waals surface area (Å²) in [6, 6.07) is 22.2. The van der Waals surface area contributed by atoms with E-state index in [1.54, 1.807) is 25.1 Å². The molecule has 0 aliphatic heterocycles. The standard InChI is InChI=1S/C25H21NO5.ClH/c1-16-24(30-18-10-6-3-7-11-18)23(27)20-13-12-19(15-22(20)29-16)31-25(28)21(26)14-17-8-4-2-5-9-17;/h2-13,15,21H,14,26H2,1H3;1H/p-1. The Bertz CT molecular complexity index is 1270.